The van der Waals surface area contributed by atoms with E-state index in [2.05, 4.69) is 8.92 Å². The first-order chi connectivity index (χ1) is 16.6. The van der Waals surface area contributed by atoms with E-state index >= 15 is 0 Å². The molecule has 1 aliphatic rings. The Bertz CT molecular complexity index is 1020. The Balaban J connectivity index is 3.73. The highest BCUT2D eigenvalue weighted by molar-refractivity contribution is 7.87. The highest BCUT2D eigenvalue weighted by atomic mass is 32.2. The second-order valence-electron chi connectivity index (χ2n) is 7.30. The maximum atomic E-state index is 13.7. The van der Waals surface area contributed by atoms with Crippen LogP contribution in [0.4, 0.5) is 92.2 Å². The van der Waals surface area contributed by atoms with Gasteiger partial charge in [0, 0.05) is 0 Å². The van der Waals surface area contributed by atoms with E-state index in [0.29, 0.717) is 0 Å². The fraction of sp³-hybridized carbons (Fsp3) is 1.00. The van der Waals surface area contributed by atoms with Crippen LogP contribution in [0.15, 0.2) is 0 Å². The third-order valence-corrected chi connectivity index (χ3v) is 5.94. The number of hydrogen-bond donors (Lipinski definition) is 0. The van der Waals surface area contributed by atoms with E-state index in [1.165, 1.54) is 0 Å². The molecule has 0 bridgehead atoms. The summed E-state index contributed by atoms with van der Waals surface area (Å²) < 4.78 is 307. The van der Waals surface area contributed by atoms with E-state index < -0.39 is 88.2 Å². The monoisotopic (exact) mass is 656 g/mol. The Hall–Kier alpha value is -1.60. The van der Waals surface area contributed by atoms with Gasteiger partial charge in [0.25, 0.3) is 0 Å². The number of epoxide rings is 1. The van der Waals surface area contributed by atoms with Gasteiger partial charge in [0.05, 0.1) is 13.2 Å². The summed E-state index contributed by atoms with van der Waals surface area (Å²) in [6, 6.07) is 0. The molecule has 39 heavy (non-hydrogen) atoms. The van der Waals surface area contributed by atoms with E-state index in [0.717, 1.165) is 0 Å². The number of ether oxygens (including phenoxy) is 1. The van der Waals surface area contributed by atoms with Crippen LogP contribution in [0.25, 0.3) is 0 Å². The van der Waals surface area contributed by atoms with E-state index in [4.69, 9.17) is 0 Å². The third-order valence-electron chi connectivity index (χ3n) is 4.61. The number of rotatable bonds is 12. The van der Waals surface area contributed by atoms with Crippen LogP contribution in [-0.2, 0) is 19.0 Å². The predicted octanol–water partition coefficient (Wildman–Crippen LogP) is 5.97. The first kappa shape index (κ1) is 35.4. The summed E-state index contributed by atoms with van der Waals surface area (Å²) in [4.78, 5) is 0. The van der Waals surface area contributed by atoms with Crippen molar-refractivity contribution in [2.45, 2.75) is 64.9 Å². The van der Waals surface area contributed by atoms with Crippen molar-refractivity contribution in [2.24, 2.45) is 0 Å². The van der Waals surface area contributed by atoms with Gasteiger partial charge in [-0.3, -0.25) is 4.18 Å². The maximum Gasteiger partial charge on any atom is 0.460 e. The van der Waals surface area contributed by atoms with E-state index in [-0.39, 0.29) is 0 Å². The molecule has 0 saturated carbocycles. The Morgan fingerprint density at radius 3 is 1.03 bits per heavy atom. The quantitative estimate of drug-likeness (QED) is 0.148. The van der Waals surface area contributed by atoms with Crippen molar-refractivity contribution in [2.75, 3.05) is 13.2 Å². The second-order valence-corrected chi connectivity index (χ2v) is 8.96. The molecule has 4 nitrogen and oxygen atoms in total. The summed E-state index contributed by atoms with van der Waals surface area (Å²) in [7, 11) is -7.69. The van der Waals surface area contributed by atoms with Gasteiger partial charge in [-0.15, -0.1) is 0 Å². The zero-order valence-electron chi connectivity index (χ0n) is 17.0. The molecule has 234 valence electrons. The minimum atomic E-state index is -9.36. The third kappa shape index (κ3) is 4.54. The number of alkyl halides is 21. The molecule has 0 N–H and O–H groups in total. The van der Waals surface area contributed by atoms with Crippen molar-refractivity contribution in [1.29, 1.82) is 0 Å². The molecular weight excluding hydrogens is 651 g/mol. The predicted molar refractivity (Wildman–Crippen MR) is 75.2 cm³/mol. The highest BCUT2D eigenvalue weighted by Crippen LogP contribution is 2.66. The lowest BCUT2D eigenvalue weighted by Gasteiger charge is -2.44. The van der Waals surface area contributed by atoms with Crippen molar-refractivity contribution < 1.29 is 110 Å². The summed E-state index contributed by atoms with van der Waals surface area (Å²) in [6.07, 6.45) is -9.61. The molecule has 0 aliphatic carbocycles. The standard InChI is InChI=1S/C13H5F21O4S/c14-4(15,6(18,19)8(22,23)10(26,27)12(30,31)32)5(16,17)7(20,21)9(24,25)11(28,29)13(33,34)39(35,36)38-2-3-1-37-3/h3H,1-2H2. The van der Waals surface area contributed by atoms with Crippen LogP contribution in [0.2, 0.25) is 0 Å². The van der Waals surface area contributed by atoms with Gasteiger partial charge in [0.1, 0.15) is 6.10 Å². The first-order valence-corrected chi connectivity index (χ1v) is 9.96. The smallest absolute Gasteiger partial charge is 0.371 e. The molecule has 1 atom stereocenters. The minimum absolute atomic E-state index is 0.570. The van der Waals surface area contributed by atoms with Crippen molar-refractivity contribution in [3.05, 3.63) is 0 Å². The molecule has 0 amide bonds. The van der Waals surface area contributed by atoms with Gasteiger partial charge >= 0.3 is 68.9 Å². The van der Waals surface area contributed by atoms with Gasteiger partial charge in [-0.2, -0.15) is 101 Å². The van der Waals surface area contributed by atoms with Crippen LogP contribution in [0.1, 0.15) is 0 Å². The van der Waals surface area contributed by atoms with Crippen LogP contribution in [0.5, 0.6) is 0 Å². The second kappa shape index (κ2) is 8.95. The summed E-state index contributed by atoms with van der Waals surface area (Å²) in [5.41, 5.74) is 0. The average Bonchev–Trinajstić information content (AvgIpc) is 3.54. The number of halogens is 21. The lowest BCUT2D eigenvalue weighted by Crippen LogP contribution is -2.77. The lowest BCUT2D eigenvalue weighted by atomic mass is 9.87. The van der Waals surface area contributed by atoms with Gasteiger partial charge in [-0.25, -0.2) is 0 Å². The van der Waals surface area contributed by atoms with E-state index in [9.17, 15) is 101 Å². The molecule has 26 heteroatoms. The van der Waals surface area contributed by atoms with Gasteiger partial charge < -0.3 is 4.74 Å². The molecule has 0 spiro atoms. The summed E-state index contributed by atoms with van der Waals surface area (Å²) in [6.45, 7) is -2.34. The zero-order chi connectivity index (χ0) is 31.9. The van der Waals surface area contributed by atoms with Crippen molar-refractivity contribution in [1.82, 2.24) is 0 Å². The van der Waals surface area contributed by atoms with Crippen molar-refractivity contribution in [3.8, 4) is 0 Å². The largest absolute Gasteiger partial charge is 0.460 e. The molecule has 0 radical (unpaired) electrons. The summed E-state index contributed by atoms with van der Waals surface area (Å²) in [5, 5.41) is -7.87. The zero-order valence-corrected chi connectivity index (χ0v) is 17.8. The van der Waals surface area contributed by atoms with Crippen LogP contribution in [0, 0.1) is 0 Å². The Kier molecular flexibility index (Phi) is 8.13. The summed E-state index contributed by atoms with van der Waals surface area (Å²) >= 11 is 0. The van der Waals surface area contributed by atoms with Crippen molar-refractivity contribution >= 4 is 10.1 Å². The van der Waals surface area contributed by atoms with Gasteiger partial charge in [-0.05, 0) is 0 Å². The van der Waals surface area contributed by atoms with E-state index in [1.807, 2.05) is 0 Å². The Morgan fingerprint density at radius 1 is 0.513 bits per heavy atom. The van der Waals surface area contributed by atoms with E-state index in [1.54, 1.807) is 0 Å². The maximum absolute atomic E-state index is 13.7. The van der Waals surface area contributed by atoms with Gasteiger partial charge in [-0.1, -0.05) is 0 Å². The Labute approximate surface area is 199 Å². The lowest BCUT2D eigenvalue weighted by molar-refractivity contribution is -0.472. The molecule has 1 aliphatic heterocycles. The average molecular weight is 656 g/mol. The topological polar surface area (TPSA) is 55.9 Å². The normalized spacial score (nSPS) is 19.9. The van der Waals surface area contributed by atoms with Crippen LogP contribution >= 0.6 is 0 Å². The van der Waals surface area contributed by atoms with Gasteiger partial charge in [0.2, 0.25) is 0 Å². The highest BCUT2D eigenvalue weighted by Gasteiger charge is 2.98. The molecule has 0 aromatic rings. The SMILES string of the molecule is O=S(=O)(OCC1CO1)C(F)(F)C(F)(F)C(F)(F)C(F)(F)C(F)(F)C(F)(F)C(F)(F)C(F)(F)C(F)(F)C(F)(F)F. The molecule has 1 unspecified atom stereocenters. The molecule has 0 aromatic heterocycles. The molecule has 1 rings (SSSR count). The Morgan fingerprint density at radius 2 is 0.769 bits per heavy atom. The van der Waals surface area contributed by atoms with Crippen LogP contribution < -0.4 is 0 Å². The fourth-order valence-electron chi connectivity index (χ4n) is 2.10. The van der Waals surface area contributed by atoms with Gasteiger partial charge in [0.15, 0.2) is 0 Å². The fourth-order valence-corrected chi connectivity index (χ4v) is 3.03. The first-order valence-electron chi connectivity index (χ1n) is 8.55. The number of hydrogen-bond acceptors (Lipinski definition) is 4. The summed E-state index contributed by atoms with van der Waals surface area (Å²) in [5.74, 6) is -72.3. The molecule has 1 fully saturated rings. The molecular formula is C13H5F21O4S. The van der Waals surface area contributed by atoms with Crippen LogP contribution in [0.3, 0.4) is 0 Å². The van der Waals surface area contributed by atoms with Crippen molar-refractivity contribution in [3.63, 3.8) is 0 Å². The minimum Gasteiger partial charge on any atom is -0.371 e. The van der Waals surface area contributed by atoms with Crippen LogP contribution in [-0.4, -0.2) is 86.5 Å². The molecule has 1 saturated heterocycles. The molecule has 0 aromatic carbocycles. The molecule has 1 heterocycles.